The first-order valence-corrected chi connectivity index (χ1v) is 8.02. The van der Waals surface area contributed by atoms with Crippen molar-refractivity contribution in [3.8, 4) is 0 Å². The molecule has 3 rings (SSSR count). The summed E-state index contributed by atoms with van der Waals surface area (Å²) >= 11 is 0. The average molecular weight is 309 g/mol. The predicted molar refractivity (Wildman–Crippen MR) is 80.6 cm³/mol. The maximum absolute atomic E-state index is 12.0. The second kappa shape index (κ2) is 6.14. The summed E-state index contributed by atoms with van der Waals surface area (Å²) in [5.74, 6) is -0.544. The Kier molecular flexibility index (Phi) is 4.38. The molecule has 2 amide bonds. The van der Waals surface area contributed by atoms with Gasteiger partial charge in [-0.1, -0.05) is 0 Å². The minimum atomic E-state index is -0.530. The van der Waals surface area contributed by atoms with Crippen molar-refractivity contribution < 1.29 is 14.3 Å². The normalized spacial score (nSPS) is 36.4. The third kappa shape index (κ3) is 2.85. The Morgan fingerprint density at radius 2 is 2.18 bits per heavy atom. The van der Waals surface area contributed by atoms with E-state index in [-0.39, 0.29) is 24.5 Å². The summed E-state index contributed by atoms with van der Waals surface area (Å²) < 4.78 is 5.84. The third-order valence-electron chi connectivity index (χ3n) is 5.26. The van der Waals surface area contributed by atoms with E-state index in [1.807, 2.05) is 4.90 Å². The van der Waals surface area contributed by atoms with E-state index in [0.717, 1.165) is 32.2 Å². The van der Waals surface area contributed by atoms with Crippen molar-refractivity contribution in [1.82, 2.24) is 9.80 Å². The van der Waals surface area contributed by atoms with Crippen molar-refractivity contribution in [1.29, 1.82) is 0 Å². The van der Waals surface area contributed by atoms with Crippen LogP contribution in [0.3, 0.4) is 0 Å². The van der Waals surface area contributed by atoms with E-state index in [4.69, 9.17) is 16.2 Å². The molecule has 0 spiro atoms. The molecule has 1 radical (unpaired) electrons. The number of fused-ring (bicyclic) bond motifs is 2. The smallest absolute Gasteiger partial charge is 0.237 e. The van der Waals surface area contributed by atoms with E-state index >= 15 is 0 Å². The summed E-state index contributed by atoms with van der Waals surface area (Å²) in [7, 11) is 0. The number of nitrogens with two attached hydrogens (primary N) is 2. The lowest BCUT2D eigenvalue weighted by Gasteiger charge is -2.45. The number of morpholine rings is 1. The van der Waals surface area contributed by atoms with Crippen molar-refractivity contribution in [3.63, 3.8) is 0 Å². The van der Waals surface area contributed by atoms with Crippen molar-refractivity contribution in [2.75, 3.05) is 32.8 Å². The van der Waals surface area contributed by atoms with E-state index in [1.165, 1.54) is 0 Å². The largest absolute Gasteiger partial charge is 0.374 e. The minimum absolute atomic E-state index is 0.00877. The van der Waals surface area contributed by atoms with Crippen LogP contribution in [0, 0.1) is 6.42 Å². The highest BCUT2D eigenvalue weighted by Crippen LogP contribution is 2.43. The average Bonchev–Trinajstić information content (AvgIpc) is 2.67. The predicted octanol–water partition coefficient (Wildman–Crippen LogP) is -1.14. The number of carbonyl (C=O) groups is 2. The topological polar surface area (TPSA) is 102 Å². The number of amides is 2. The molecule has 0 aromatic heterocycles. The lowest BCUT2D eigenvalue weighted by molar-refractivity contribution is -0.133. The molecule has 7 heteroatoms. The van der Waals surface area contributed by atoms with Gasteiger partial charge >= 0.3 is 0 Å². The van der Waals surface area contributed by atoms with Crippen LogP contribution in [-0.4, -0.2) is 72.1 Å². The lowest BCUT2D eigenvalue weighted by Crippen LogP contribution is -2.61. The first-order chi connectivity index (χ1) is 10.5. The highest BCUT2D eigenvalue weighted by molar-refractivity contribution is 5.85. The van der Waals surface area contributed by atoms with Crippen molar-refractivity contribution >= 4 is 11.8 Å². The monoisotopic (exact) mass is 309 g/mol. The number of piperidine rings is 1. The Morgan fingerprint density at radius 3 is 2.91 bits per heavy atom. The molecular weight excluding hydrogens is 284 g/mol. The van der Waals surface area contributed by atoms with Crippen molar-refractivity contribution in [3.05, 3.63) is 6.42 Å². The molecular formula is C15H25N4O3. The SMILES string of the molecule is NC(=O)CN1CCOC(CN2[C@@H]3C[CH]C[C@@]2(C(N)=O)CC3)C1. The van der Waals surface area contributed by atoms with Gasteiger partial charge in [-0.3, -0.25) is 19.4 Å². The van der Waals surface area contributed by atoms with Crippen LogP contribution in [0.5, 0.6) is 0 Å². The molecule has 3 atom stereocenters. The number of primary amides is 2. The number of nitrogens with zero attached hydrogens (tertiary/aromatic N) is 2. The molecule has 3 aliphatic heterocycles. The molecule has 7 nitrogen and oxygen atoms in total. The van der Waals surface area contributed by atoms with E-state index in [2.05, 4.69) is 11.3 Å². The molecule has 0 aliphatic carbocycles. The van der Waals surface area contributed by atoms with Gasteiger partial charge < -0.3 is 16.2 Å². The second-order valence-corrected chi connectivity index (χ2v) is 6.66. The summed E-state index contributed by atoms with van der Waals surface area (Å²) in [6.07, 6.45) is 5.77. The zero-order chi connectivity index (χ0) is 15.7. The summed E-state index contributed by atoms with van der Waals surface area (Å²) in [5, 5.41) is 0. The second-order valence-electron chi connectivity index (χ2n) is 6.66. The molecule has 0 saturated carbocycles. The highest BCUT2D eigenvalue weighted by Gasteiger charge is 2.53. The number of carbonyl (C=O) groups excluding carboxylic acids is 2. The molecule has 3 fully saturated rings. The van der Waals surface area contributed by atoms with Crippen molar-refractivity contribution in [2.45, 2.75) is 43.4 Å². The minimum Gasteiger partial charge on any atom is -0.374 e. The van der Waals surface area contributed by atoms with Gasteiger partial charge in [0, 0.05) is 25.7 Å². The summed E-state index contributed by atoms with van der Waals surface area (Å²) in [5.41, 5.74) is 10.5. The van der Waals surface area contributed by atoms with E-state index in [1.54, 1.807) is 0 Å². The molecule has 0 aromatic rings. The molecule has 3 heterocycles. The van der Waals surface area contributed by atoms with Gasteiger partial charge in [0.05, 0.1) is 19.3 Å². The highest BCUT2D eigenvalue weighted by atomic mass is 16.5. The number of ether oxygens (including phenoxy) is 1. The fourth-order valence-electron chi connectivity index (χ4n) is 4.20. The van der Waals surface area contributed by atoms with Crippen LogP contribution in [0.25, 0.3) is 0 Å². The Morgan fingerprint density at radius 1 is 1.36 bits per heavy atom. The zero-order valence-electron chi connectivity index (χ0n) is 12.9. The zero-order valence-corrected chi connectivity index (χ0v) is 12.9. The number of rotatable bonds is 5. The molecule has 123 valence electrons. The van der Waals surface area contributed by atoms with Crippen LogP contribution in [0.15, 0.2) is 0 Å². The number of hydrogen-bond acceptors (Lipinski definition) is 5. The molecule has 2 bridgehead atoms. The van der Waals surface area contributed by atoms with Gasteiger partial charge in [-0.25, -0.2) is 0 Å². The van der Waals surface area contributed by atoms with Crippen LogP contribution in [0.1, 0.15) is 25.7 Å². The maximum Gasteiger partial charge on any atom is 0.237 e. The fraction of sp³-hybridized carbons (Fsp3) is 0.800. The van der Waals surface area contributed by atoms with Crippen LogP contribution in [-0.2, 0) is 14.3 Å². The van der Waals surface area contributed by atoms with Crippen LogP contribution >= 0.6 is 0 Å². The first kappa shape index (κ1) is 15.7. The maximum atomic E-state index is 12.0. The molecule has 0 aromatic carbocycles. The van der Waals surface area contributed by atoms with Gasteiger partial charge in [0.2, 0.25) is 11.8 Å². The van der Waals surface area contributed by atoms with Gasteiger partial charge in [-0.05, 0) is 32.1 Å². The Balaban J connectivity index is 1.66. The molecule has 3 aliphatic rings. The fourth-order valence-corrected chi connectivity index (χ4v) is 4.20. The Bertz CT molecular complexity index is 454. The van der Waals surface area contributed by atoms with E-state index in [0.29, 0.717) is 25.7 Å². The molecule has 3 saturated heterocycles. The number of hydrogen-bond donors (Lipinski definition) is 2. The first-order valence-electron chi connectivity index (χ1n) is 8.02. The van der Waals surface area contributed by atoms with Crippen molar-refractivity contribution in [2.24, 2.45) is 11.5 Å². The van der Waals surface area contributed by atoms with Gasteiger partial charge in [0.1, 0.15) is 5.54 Å². The van der Waals surface area contributed by atoms with Gasteiger partial charge in [0.15, 0.2) is 0 Å². The van der Waals surface area contributed by atoms with E-state index < -0.39 is 5.54 Å². The summed E-state index contributed by atoms with van der Waals surface area (Å²) in [6.45, 7) is 2.93. The van der Waals surface area contributed by atoms with Gasteiger partial charge in [-0.2, -0.15) is 0 Å². The molecule has 1 unspecified atom stereocenters. The third-order valence-corrected chi connectivity index (χ3v) is 5.26. The van der Waals surface area contributed by atoms with Gasteiger partial charge in [-0.15, -0.1) is 0 Å². The quantitative estimate of drug-likeness (QED) is 0.668. The molecule has 4 N–H and O–H groups in total. The standard InChI is InChI=1S/C15H25N4O3/c16-13(20)10-18-6-7-22-12(8-18)9-19-11-2-1-4-15(19,5-3-11)14(17)21/h1,11-12H,2-10H2,(H2,16,20)(H2,17,21)/t11-,12?,15+/m1/s1. The van der Waals surface area contributed by atoms with Gasteiger partial charge in [0.25, 0.3) is 0 Å². The molecule has 22 heavy (non-hydrogen) atoms. The van der Waals surface area contributed by atoms with Crippen LogP contribution < -0.4 is 11.5 Å². The summed E-state index contributed by atoms with van der Waals surface area (Å²) in [6, 6.07) is 0.386. The van der Waals surface area contributed by atoms with Crippen LogP contribution in [0.4, 0.5) is 0 Å². The Labute approximate surface area is 130 Å². The lowest BCUT2D eigenvalue weighted by atomic mass is 9.87. The summed E-state index contributed by atoms with van der Waals surface area (Å²) in [4.78, 5) is 27.4. The van der Waals surface area contributed by atoms with E-state index in [9.17, 15) is 9.59 Å². The van der Waals surface area contributed by atoms with Crippen LogP contribution in [0.2, 0.25) is 0 Å². The Hall–Kier alpha value is -1.18.